The molecule has 0 aliphatic heterocycles. The van der Waals surface area contributed by atoms with Gasteiger partial charge < -0.3 is 18.9 Å². The minimum atomic E-state index is -0.0513. The molecule has 0 bridgehead atoms. The van der Waals surface area contributed by atoms with Crippen molar-refractivity contribution < 1.29 is 18.9 Å². The Morgan fingerprint density at radius 1 is 0.581 bits per heavy atom. The molecule has 0 saturated heterocycles. The molecule has 31 heavy (non-hydrogen) atoms. The van der Waals surface area contributed by atoms with Gasteiger partial charge in [-0.05, 0) is 38.5 Å². The highest BCUT2D eigenvalue weighted by molar-refractivity contribution is 4.66. The third-order valence-electron chi connectivity index (χ3n) is 5.98. The third-order valence-corrected chi connectivity index (χ3v) is 5.98. The van der Waals surface area contributed by atoms with Crippen LogP contribution in [0.4, 0.5) is 0 Å². The van der Waals surface area contributed by atoms with E-state index in [9.17, 15) is 0 Å². The predicted octanol–water partition coefficient (Wildman–Crippen LogP) is 6.55. The number of nitrogens with one attached hydrogen (secondary N) is 1. The van der Waals surface area contributed by atoms with E-state index in [1.807, 2.05) is 13.8 Å². The van der Waals surface area contributed by atoms with Crippen LogP contribution in [0.1, 0.15) is 106 Å². The molecule has 0 aliphatic rings. The standard InChI is InChI=1S/C26H55NO4/c1-7-13-15-23(9-3)21-30-25(17-19-28-11-5)27-26(18-20-29-12-6)31-22-24(10-4)16-14-8-2/h23-27H,7-22H2,1-6H3. The Hall–Kier alpha value is -0.200. The molecule has 0 saturated carbocycles. The van der Waals surface area contributed by atoms with Gasteiger partial charge in [0.05, 0.1) is 26.4 Å². The molecular formula is C26H55NO4. The summed E-state index contributed by atoms with van der Waals surface area (Å²) in [4.78, 5) is 0. The molecule has 0 fully saturated rings. The van der Waals surface area contributed by atoms with E-state index in [1.165, 1.54) is 38.5 Å². The maximum Gasteiger partial charge on any atom is 0.112 e. The van der Waals surface area contributed by atoms with Crippen LogP contribution in [-0.4, -0.2) is 52.1 Å². The highest BCUT2D eigenvalue weighted by Gasteiger charge is 2.19. The van der Waals surface area contributed by atoms with Gasteiger partial charge in [0, 0.05) is 26.1 Å². The third kappa shape index (κ3) is 18.0. The highest BCUT2D eigenvalue weighted by Crippen LogP contribution is 2.16. The summed E-state index contributed by atoms with van der Waals surface area (Å²) in [6.07, 6.45) is 11.4. The van der Waals surface area contributed by atoms with Gasteiger partial charge in [-0.15, -0.1) is 0 Å². The summed E-state index contributed by atoms with van der Waals surface area (Å²) < 4.78 is 24.0. The zero-order chi connectivity index (χ0) is 23.2. The van der Waals surface area contributed by atoms with Gasteiger partial charge in [0.2, 0.25) is 0 Å². The summed E-state index contributed by atoms with van der Waals surface area (Å²) in [6, 6.07) is 0. The quantitative estimate of drug-likeness (QED) is 0.135. The smallest absolute Gasteiger partial charge is 0.112 e. The van der Waals surface area contributed by atoms with Crippen LogP contribution in [0.3, 0.4) is 0 Å². The van der Waals surface area contributed by atoms with E-state index in [-0.39, 0.29) is 12.5 Å². The van der Waals surface area contributed by atoms with Gasteiger partial charge in [-0.2, -0.15) is 0 Å². The van der Waals surface area contributed by atoms with Crippen molar-refractivity contribution in [1.82, 2.24) is 5.32 Å². The van der Waals surface area contributed by atoms with Gasteiger partial charge in [0.1, 0.15) is 12.5 Å². The Kier molecular flexibility index (Phi) is 22.8. The SMILES string of the molecule is CCCCC(CC)COC(CCOCC)NC(CCOCC)OCC(CC)CCCC. The summed E-state index contributed by atoms with van der Waals surface area (Å²) in [5.41, 5.74) is 0. The van der Waals surface area contributed by atoms with Crippen molar-refractivity contribution in [3.63, 3.8) is 0 Å². The van der Waals surface area contributed by atoms with Gasteiger partial charge in [-0.3, -0.25) is 5.32 Å². The Balaban J connectivity index is 4.86. The number of unbranched alkanes of at least 4 members (excludes halogenated alkanes) is 2. The Morgan fingerprint density at radius 2 is 1.00 bits per heavy atom. The van der Waals surface area contributed by atoms with Crippen molar-refractivity contribution in [3.8, 4) is 0 Å². The van der Waals surface area contributed by atoms with Crippen molar-refractivity contribution in [2.75, 3.05) is 39.6 Å². The molecule has 0 radical (unpaired) electrons. The second kappa shape index (κ2) is 23.0. The monoisotopic (exact) mass is 445 g/mol. The fraction of sp³-hybridized carbons (Fsp3) is 1.00. The lowest BCUT2D eigenvalue weighted by atomic mass is 10.0. The molecule has 0 amide bonds. The first kappa shape index (κ1) is 30.8. The van der Waals surface area contributed by atoms with E-state index in [1.54, 1.807) is 0 Å². The van der Waals surface area contributed by atoms with E-state index in [4.69, 9.17) is 18.9 Å². The summed E-state index contributed by atoms with van der Waals surface area (Å²) >= 11 is 0. The molecule has 1 N–H and O–H groups in total. The molecule has 188 valence electrons. The first-order valence-electron chi connectivity index (χ1n) is 13.3. The van der Waals surface area contributed by atoms with E-state index in [2.05, 4.69) is 33.0 Å². The van der Waals surface area contributed by atoms with Crippen LogP contribution in [0, 0.1) is 11.8 Å². The average molecular weight is 446 g/mol. The Bertz CT molecular complexity index is 324. The summed E-state index contributed by atoms with van der Waals surface area (Å²) in [5, 5.41) is 3.64. The van der Waals surface area contributed by atoms with E-state index < -0.39 is 0 Å². The van der Waals surface area contributed by atoms with Gasteiger partial charge in [0.25, 0.3) is 0 Å². The molecule has 0 aromatic heterocycles. The van der Waals surface area contributed by atoms with E-state index >= 15 is 0 Å². The lowest BCUT2D eigenvalue weighted by molar-refractivity contribution is -0.0796. The Labute approximate surface area is 194 Å². The van der Waals surface area contributed by atoms with Crippen molar-refractivity contribution in [3.05, 3.63) is 0 Å². The minimum absolute atomic E-state index is 0.0513. The second-order valence-electron chi connectivity index (χ2n) is 8.61. The highest BCUT2D eigenvalue weighted by atomic mass is 16.5. The van der Waals surface area contributed by atoms with Crippen molar-refractivity contribution >= 4 is 0 Å². The lowest BCUT2D eigenvalue weighted by Crippen LogP contribution is -2.44. The van der Waals surface area contributed by atoms with Gasteiger partial charge in [-0.1, -0.05) is 66.2 Å². The van der Waals surface area contributed by atoms with Crippen molar-refractivity contribution in [1.29, 1.82) is 0 Å². The molecule has 4 unspecified atom stereocenters. The molecular weight excluding hydrogens is 390 g/mol. The summed E-state index contributed by atoms with van der Waals surface area (Å²) in [7, 11) is 0. The summed E-state index contributed by atoms with van der Waals surface area (Å²) in [6.45, 7) is 17.6. The zero-order valence-electron chi connectivity index (χ0n) is 21.8. The van der Waals surface area contributed by atoms with Gasteiger partial charge in [0.15, 0.2) is 0 Å². The predicted molar refractivity (Wildman–Crippen MR) is 131 cm³/mol. The molecule has 0 aromatic carbocycles. The molecule has 0 aromatic rings. The maximum absolute atomic E-state index is 6.36. The topological polar surface area (TPSA) is 49.0 Å². The number of hydrogen-bond acceptors (Lipinski definition) is 5. The first-order valence-corrected chi connectivity index (χ1v) is 13.3. The lowest BCUT2D eigenvalue weighted by Gasteiger charge is -2.29. The largest absolute Gasteiger partial charge is 0.382 e. The molecule has 4 atom stereocenters. The van der Waals surface area contributed by atoms with Crippen LogP contribution < -0.4 is 5.32 Å². The summed E-state index contributed by atoms with van der Waals surface area (Å²) in [5.74, 6) is 1.25. The van der Waals surface area contributed by atoms with Crippen LogP contribution >= 0.6 is 0 Å². The molecule has 5 nitrogen and oxygen atoms in total. The minimum Gasteiger partial charge on any atom is -0.382 e. The van der Waals surface area contributed by atoms with Gasteiger partial charge in [-0.25, -0.2) is 0 Å². The molecule has 0 aliphatic carbocycles. The number of hydrogen-bond donors (Lipinski definition) is 1. The normalized spacial score (nSPS) is 15.7. The zero-order valence-corrected chi connectivity index (χ0v) is 21.8. The molecule has 5 heteroatoms. The molecule has 0 spiro atoms. The van der Waals surface area contributed by atoms with Crippen LogP contribution in [0.25, 0.3) is 0 Å². The number of rotatable bonds is 24. The average Bonchev–Trinajstić information content (AvgIpc) is 2.79. The van der Waals surface area contributed by atoms with Crippen LogP contribution in [0.15, 0.2) is 0 Å². The van der Waals surface area contributed by atoms with Crippen LogP contribution in [-0.2, 0) is 18.9 Å². The Morgan fingerprint density at radius 3 is 1.32 bits per heavy atom. The fourth-order valence-electron chi connectivity index (χ4n) is 3.61. The molecule has 0 heterocycles. The van der Waals surface area contributed by atoms with Crippen LogP contribution in [0.5, 0.6) is 0 Å². The second-order valence-corrected chi connectivity index (χ2v) is 8.61. The molecule has 0 rings (SSSR count). The maximum atomic E-state index is 6.36. The van der Waals surface area contributed by atoms with Crippen molar-refractivity contribution in [2.45, 2.75) is 118 Å². The van der Waals surface area contributed by atoms with E-state index in [0.717, 1.165) is 52.1 Å². The van der Waals surface area contributed by atoms with Crippen molar-refractivity contribution in [2.24, 2.45) is 11.8 Å². The van der Waals surface area contributed by atoms with E-state index in [0.29, 0.717) is 25.0 Å². The van der Waals surface area contributed by atoms with Gasteiger partial charge >= 0.3 is 0 Å². The first-order chi connectivity index (χ1) is 15.1. The van der Waals surface area contributed by atoms with Crippen LogP contribution in [0.2, 0.25) is 0 Å². The fourth-order valence-corrected chi connectivity index (χ4v) is 3.61. The number of ether oxygens (including phenoxy) is 4.